The molecule has 3 atom stereocenters. The maximum Gasteiger partial charge on any atom is 0.163 e. The standard InChI is InChI=1S/C33H44O3/c1-7-11-26(28(10-4)31(35)16-22(6)34)17-23-18-30-29(15-12-21(5)33(30)32(36)19-23)27-14-13-24(8-2)25(9-3)20-27/h12-15,20,23,26,28H,7-11,16-19H2,1-6H3. The number of Topliss-reactive ketones (excluding diaryl/α,β-unsaturated/α-hetero) is 3. The third-order valence-electron chi connectivity index (χ3n) is 8.19. The number of aryl methyl sites for hydroxylation is 3. The van der Waals surface area contributed by atoms with E-state index in [2.05, 4.69) is 58.0 Å². The van der Waals surface area contributed by atoms with Crippen LogP contribution < -0.4 is 0 Å². The number of ketones is 3. The van der Waals surface area contributed by atoms with Crippen LogP contribution in [0.5, 0.6) is 0 Å². The van der Waals surface area contributed by atoms with E-state index in [4.69, 9.17) is 0 Å². The summed E-state index contributed by atoms with van der Waals surface area (Å²) in [6.45, 7) is 12.2. The van der Waals surface area contributed by atoms with Gasteiger partial charge in [0.1, 0.15) is 11.6 Å². The van der Waals surface area contributed by atoms with E-state index < -0.39 is 0 Å². The molecule has 2 aromatic carbocycles. The molecule has 0 aromatic heterocycles. The van der Waals surface area contributed by atoms with Gasteiger partial charge in [0.25, 0.3) is 0 Å². The molecule has 0 spiro atoms. The minimum absolute atomic E-state index is 0.0298. The number of carbonyl (C=O) groups excluding carboxylic acids is 3. The lowest BCUT2D eigenvalue weighted by Gasteiger charge is -2.32. The smallest absolute Gasteiger partial charge is 0.163 e. The van der Waals surface area contributed by atoms with E-state index in [1.165, 1.54) is 34.7 Å². The first-order valence-electron chi connectivity index (χ1n) is 14.0. The zero-order valence-electron chi connectivity index (χ0n) is 23.2. The highest BCUT2D eigenvalue weighted by atomic mass is 16.1. The number of carbonyl (C=O) groups is 3. The molecule has 1 aliphatic carbocycles. The Morgan fingerprint density at radius 1 is 0.972 bits per heavy atom. The predicted molar refractivity (Wildman–Crippen MR) is 149 cm³/mol. The quantitative estimate of drug-likeness (QED) is 0.285. The molecule has 36 heavy (non-hydrogen) atoms. The van der Waals surface area contributed by atoms with E-state index in [0.29, 0.717) is 6.42 Å². The third kappa shape index (κ3) is 6.22. The Hall–Kier alpha value is -2.55. The second kappa shape index (κ2) is 12.6. The minimum atomic E-state index is -0.101. The monoisotopic (exact) mass is 488 g/mol. The van der Waals surface area contributed by atoms with Gasteiger partial charge in [0.2, 0.25) is 0 Å². The number of hydrogen-bond acceptors (Lipinski definition) is 3. The van der Waals surface area contributed by atoms with Crippen LogP contribution in [0.3, 0.4) is 0 Å². The van der Waals surface area contributed by atoms with Crippen molar-refractivity contribution >= 4 is 17.3 Å². The van der Waals surface area contributed by atoms with Crippen molar-refractivity contribution in [1.29, 1.82) is 0 Å². The second-order valence-electron chi connectivity index (χ2n) is 10.8. The summed E-state index contributed by atoms with van der Waals surface area (Å²) in [6, 6.07) is 11.1. The highest BCUT2D eigenvalue weighted by Gasteiger charge is 2.34. The van der Waals surface area contributed by atoms with Crippen molar-refractivity contribution in [2.24, 2.45) is 17.8 Å². The molecule has 0 saturated heterocycles. The summed E-state index contributed by atoms with van der Waals surface area (Å²) >= 11 is 0. The van der Waals surface area contributed by atoms with Gasteiger partial charge in [-0.25, -0.2) is 0 Å². The number of fused-ring (bicyclic) bond motifs is 1. The van der Waals surface area contributed by atoms with Crippen LogP contribution >= 0.6 is 0 Å². The fraction of sp³-hybridized carbons (Fsp3) is 0.545. The van der Waals surface area contributed by atoms with E-state index in [-0.39, 0.29) is 41.5 Å². The topological polar surface area (TPSA) is 51.2 Å². The summed E-state index contributed by atoms with van der Waals surface area (Å²) in [5, 5.41) is 0. The average Bonchev–Trinajstić information content (AvgIpc) is 2.83. The SMILES string of the molecule is CCCC(CC1CC(=O)c2c(C)ccc(-c3ccc(CC)c(CC)c3)c2C1)C(CC)C(=O)CC(C)=O. The minimum Gasteiger partial charge on any atom is -0.300 e. The Balaban J connectivity index is 1.96. The Bertz CT molecular complexity index is 1110. The number of benzene rings is 2. The van der Waals surface area contributed by atoms with Crippen LogP contribution in [0.15, 0.2) is 30.3 Å². The molecule has 3 nitrogen and oxygen atoms in total. The molecule has 3 heteroatoms. The largest absolute Gasteiger partial charge is 0.300 e. The summed E-state index contributed by atoms with van der Waals surface area (Å²) in [4.78, 5) is 38.0. The van der Waals surface area contributed by atoms with Crippen molar-refractivity contribution in [2.75, 3.05) is 0 Å². The molecular formula is C33H44O3. The highest BCUT2D eigenvalue weighted by Crippen LogP contribution is 2.40. The van der Waals surface area contributed by atoms with E-state index in [1.54, 1.807) is 0 Å². The van der Waals surface area contributed by atoms with Crippen LogP contribution in [0.25, 0.3) is 11.1 Å². The molecule has 0 aliphatic heterocycles. The fourth-order valence-electron chi connectivity index (χ4n) is 6.48. The molecule has 0 amide bonds. The molecule has 0 fully saturated rings. The average molecular weight is 489 g/mol. The van der Waals surface area contributed by atoms with Gasteiger partial charge in [0, 0.05) is 17.9 Å². The Labute approximate surface area is 218 Å². The first-order chi connectivity index (χ1) is 17.2. The van der Waals surface area contributed by atoms with Crippen molar-refractivity contribution in [3.63, 3.8) is 0 Å². The van der Waals surface area contributed by atoms with E-state index in [1.807, 2.05) is 6.92 Å². The molecule has 194 valence electrons. The van der Waals surface area contributed by atoms with Crippen LogP contribution in [0, 0.1) is 24.7 Å². The summed E-state index contributed by atoms with van der Waals surface area (Å²) in [6.07, 6.45) is 7.04. The van der Waals surface area contributed by atoms with Crippen molar-refractivity contribution in [1.82, 2.24) is 0 Å². The fourth-order valence-corrected chi connectivity index (χ4v) is 6.48. The van der Waals surface area contributed by atoms with Gasteiger partial charge >= 0.3 is 0 Å². The summed E-state index contributed by atoms with van der Waals surface area (Å²) in [5.74, 6) is 0.592. The first kappa shape index (κ1) is 28.0. The van der Waals surface area contributed by atoms with Crippen LogP contribution in [0.2, 0.25) is 0 Å². The highest BCUT2D eigenvalue weighted by molar-refractivity contribution is 6.02. The van der Waals surface area contributed by atoms with Crippen molar-refractivity contribution in [3.05, 3.63) is 58.1 Å². The number of rotatable bonds is 12. The number of hydrogen-bond donors (Lipinski definition) is 0. The van der Waals surface area contributed by atoms with Crippen molar-refractivity contribution < 1.29 is 14.4 Å². The zero-order valence-corrected chi connectivity index (χ0v) is 23.2. The molecule has 1 aliphatic rings. The Morgan fingerprint density at radius 2 is 1.69 bits per heavy atom. The maximum absolute atomic E-state index is 13.5. The van der Waals surface area contributed by atoms with Gasteiger partial charge in [0.15, 0.2) is 5.78 Å². The Morgan fingerprint density at radius 3 is 2.31 bits per heavy atom. The van der Waals surface area contributed by atoms with Gasteiger partial charge < -0.3 is 0 Å². The van der Waals surface area contributed by atoms with E-state index in [9.17, 15) is 14.4 Å². The molecule has 0 radical (unpaired) electrons. The van der Waals surface area contributed by atoms with E-state index in [0.717, 1.165) is 56.1 Å². The molecule has 3 unspecified atom stereocenters. The molecule has 0 heterocycles. The summed E-state index contributed by atoms with van der Waals surface area (Å²) in [5.41, 5.74) is 8.29. The molecule has 3 rings (SSSR count). The normalized spacial score (nSPS) is 16.9. The van der Waals surface area contributed by atoms with Gasteiger partial charge in [-0.05, 0) is 91.2 Å². The lowest BCUT2D eigenvalue weighted by atomic mass is 9.71. The van der Waals surface area contributed by atoms with Crippen molar-refractivity contribution in [3.8, 4) is 11.1 Å². The zero-order chi connectivity index (χ0) is 26.4. The molecule has 0 saturated carbocycles. The summed E-state index contributed by atoms with van der Waals surface area (Å²) in [7, 11) is 0. The summed E-state index contributed by atoms with van der Waals surface area (Å²) < 4.78 is 0. The lowest BCUT2D eigenvalue weighted by Crippen LogP contribution is -2.30. The van der Waals surface area contributed by atoms with Gasteiger partial charge in [-0.15, -0.1) is 0 Å². The second-order valence-corrected chi connectivity index (χ2v) is 10.8. The van der Waals surface area contributed by atoms with E-state index >= 15 is 0 Å². The molecule has 2 aromatic rings. The van der Waals surface area contributed by atoms with Gasteiger partial charge in [0.05, 0.1) is 6.42 Å². The van der Waals surface area contributed by atoms with Gasteiger partial charge in [-0.1, -0.05) is 70.9 Å². The van der Waals surface area contributed by atoms with Gasteiger partial charge in [-0.3, -0.25) is 14.4 Å². The lowest BCUT2D eigenvalue weighted by molar-refractivity contribution is -0.129. The molecule has 0 N–H and O–H groups in total. The maximum atomic E-state index is 13.5. The van der Waals surface area contributed by atoms with Crippen LogP contribution in [-0.2, 0) is 28.9 Å². The first-order valence-corrected chi connectivity index (χ1v) is 14.0. The molecule has 0 bridgehead atoms. The van der Waals surface area contributed by atoms with Crippen molar-refractivity contribution in [2.45, 2.75) is 99.3 Å². The third-order valence-corrected chi connectivity index (χ3v) is 8.19. The van der Waals surface area contributed by atoms with Crippen LogP contribution in [-0.4, -0.2) is 17.3 Å². The predicted octanol–water partition coefficient (Wildman–Crippen LogP) is 7.91. The Kier molecular flexibility index (Phi) is 9.82. The van der Waals surface area contributed by atoms with Crippen LogP contribution in [0.1, 0.15) is 106 Å². The van der Waals surface area contributed by atoms with Gasteiger partial charge in [-0.2, -0.15) is 0 Å². The molecular weight excluding hydrogens is 444 g/mol. The van der Waals surface area contributed by atoms with Crippen LogP contribution in [0.4, 0.5) is 0 Å².